The summed E-state index contributed by atoms with van der Waals surface area (Å²) in [5.41, 5.74) is 6.38. The molecule has 0 amide bonds. The summed E-state index contributed by atoms with van der Waals surface area (Å²) in [6, 6.07) is 3.33. The number of fused-ring (bicyclic) bond motifs is 1. The van der Waals surface area contributed by atoms with Crippen molar-refractivity contribution in [3.8, 4) is 17.2 Å². The lowest BCUT2D eigenvalue weighted by Gasteiger charge is -2.09. The van der Waals surface area contributed by atoms with Crippen LogP contribution in [-0.4, -0.2) is 23.3 Å². The van der Waals surface area contributed by atoms with Crippen molar-refractivity contribution in [2.24, 2.45) is 0 Å². The van der Waals surface area contributed by atoms with Crippen LogP contribution in [0.5, 0.6) is 17.2 Å². The number of hydrogen-bond acceptors (Lipinski definition) is 7. The quantitative estimate of drug-likeness (QED) is 0.228. The number of rotatable bonds is 8. The van der Waals surface area contributed by atoms with Gasteiger partial charge >= 0.3 is 5.97 Å². The van der Waals surface area contributed by atoms with E-state index in [4.69, 9.17) is 19.9 Å². The van der Waals surface area contributed by atoms with Crippen molar-refractivity contribution in [3.05, 3.63) is 12.1 Å². The first-order valence-corrected chi connectivity index (χ1v) is 11.3. The molecule has 2 unspecified atom stereocenters. The Kier molecular flexibility index (Phi) is 6.64. The highest BCUT2D eigenvalue weighted by Crippen LogP contribution is 2.42. The fraction of sp³-hybridized carbons (Fsp3) is 0.611. The van der Waals surface area contributed by atoms with E-state index >= 15 is 0 Å². The van der Waals surface area contributed by atoms with E-state index in [1.807, 2.05) is 21.6 Å². The molecule has 1 fully saturated rings. The monoisotopic (exact) mass is 383 g/mol. The summed E-state index contributed by atoms with van der Waals surface area (Å²) in [5, 5.41) is 0.751. The molecule has 1 aromatic carbocycles. The van der Waals surface area contributed by atoms with Gasteiger partial charge in [-0.2, -0.15) is 0 Å². The third kappa shape index (κ3) is 5.14. The second-order valence-corrected chi connectivity index (χ2v) is 9.13. The summed E-state index contributed by atoms with van der Waals surface area (Å²) in [5.74, 6) is 2.56. The molecule has 7 heteroatoms. The number of benzene rings is 1. The maximum atomic E-state index is 12.1. The summed E-state index contributed by atoms with van der Waals surface area (Å²) in [6.45, 7) is 2.07. The maximum absolute atomic E-state index is 12.1. The molecule has 2 aliphatic heterocycles. The molecule has 0 spiro atoms. The Morgan fingerprint density at radius 3 is 2.80 bits per heavy atom. The molecule has 1 saturated heterocycles. The molecule has 0 aliphatic carbocycles. The summed E-state index contributed by atoms with van der Waals surface area (Å²) < 4.78 is 16.8. The first kappa shape index (κ1) is 18.6. The Labute approximate surface area is 156 Å². The largest absolute Gasteiger partial charge is 0.451 e. The topological polar surface area (TPSA) is 70.8 Å². The molecule has 2 atom stereocenters. The predicted octanol–water partition coefficient (Wildman–Crippen LogP) is 4.79. The second-order valence-electron chi connectivity index (χ2n) is 6.34. The Hall–Kier alpha value is -1.21. The number of unbranched alkanes of at least 4 members (excludes halogenated alkanes) is 1. The van der Waals surface area contributed by atoms with Crippen LogP contribution in [0.4, 0.5) is 5.69 Å². The van der Waals surface area contributed by atoms with Gasteiger partial charge in [-0.15, -0.1) is 0 Å². The van der Waals surface area contributed by atoms with Crippen molar-refractivity contribution in [2.45, 2.75) is 63.4 Å². The molecule has 2 heterocycles. The SMILES string of the molecule is CCCC1Oc2cc(N)c(OC(=O)CCCCC3CCSS3)cc2O1. The molecule has 0 bridgehead atoms. The van der Waals surface area contributed by atoms with E-state index in [0.717, 1.165) is 30.9 Å². The highest BCUT2D eigenvalue weighted by Gasteiger charge is 2.25. The van der Waals surface area contributed by atoms with E-state index in [2.05, 4.69) is 6.92 Å². The number of carbonyl (C=O) groups excluding carboxylic acids is 1. The molecular formula is C18H25NO4S2. The highest BCUT2D eigenvalue weighted by molar-refractivity contribution is 8.77. The van der Waals surface area contributed by atoms with E-state index in [-0.39, 0.29) is 12.3 Å². The van der Waals surface area contributed by atoms with Crippen molar-refractivity contribution in [1.82, 2.24) is 0 Å². The Morgan fingerprint density at radius 1 is 1.28 bits per heavy atom. The van der Waals surface area contributed by atoms with Crippen molar-refractivity contribution in [3.63, 3.8) is 0 Å². The van der Waals surface area contributed by atoms with Crippen molar-refractivity contribution in [2.75, 3.05) is 11.5 Å². The Bertz CT molecular complexity index is 605. The zero-order valence-electron chi connectivity index (χ0n) is 14.5. The Balaban J connectivity index is 1.46. The molecule has 3 rings (SSSR count). The van der Waals surface area contributed by atoms with Gasteiger partial charge in [0.15, 0.2) is 17.2 Å². The molecule has 0 radical (unpaired) electrons. The molecule has 2 N–H and O–H groups in total. The van der Waals surface area contributed by atoms with Gasteiger partial charge in [0.05, 0.1) is 5.69 Å². The zero-order valence-corrected chi connectivity index (χ0v) is 16.1. The van der Waals surface area contributed by atoms with Gasteiger partial charge in [-0.05, 0) is 25.7 Å². The first-order chi connectivity index (χ1) is 12.2. The van der Waals surface area contributed by atoms with Crippen LogP contribution in [0.25, 0.3) is 0 Å². The number of nitrogen functional groups attached to an aromatic ring is 1. The van der Waals surface area contributed by atoms with Crippen LogP contribution in [-0.2, 0) is 4.79 Å². The van der Waals surface area contributed by atoms with Gasteiger partial charge in [0.1, 0.15) is 0 Å². The van der Waals surface area contributed by atoms with Gasteiger partial charge in [-0.1, -0.05) is 34.9 Å². The molecule has 25 heavy (non-hydrogen) atoms. The second kappa shape index (κ2) is 8.94. The predicted molar refractivity (Wildman–Crippen MR) is 103 cm³/mol. The minimum Gasteiger partial charge on any atom is -0.451 e. The lowest BCUT2D eigenvalue weighted by molar-refractivity contribution is -0.134. The summed E-state index contributed by atoms with van der Waals surface area (Å²) in [4.78, 5) is 12.1. The number of anilines is 1. The standard InChI is InChI=1S/C18H25NO4S2/c1-2-5-18-22-15-10-13(19)14(11-16(15)23-18)21-17(20)7-4-3-6-12-8-9-24-25-12/h10-12,18H,2-9,19H2,1H3. The molecule has 5 nitrogen and oxygen atoms in total. The highest BCUT2D eigenvalue weighted by atomic mass is 33.1. The van der Waals surface area contributed by atoms with E-state index in [1.54, 1.807) is 12.1 Å². The summed E-state index contributed by atoms with van der Waals surface area (Å²) in [7, 11) is 3.93. The van der Waals surface area contributed by atoms with Crippen LogP contribution in [0.3, 0.4) is 0 Å². The van der Waals surface area contributed by atoms with Gasteiger partial charge in [-0.3, -0.25) is 4.79 Å². The minimum absolute atomic E-state index is 0.246. The normalized spacial score (nSPS) is 21.5. The van der Waals surface area contributed by atoms with Crippen LogP contribution < -0.4 is 19.9 Å². The molecule has 138 valence electrons. The Morgan fingerprint density at radius 2 is 2.08 bits per heavy atom. The number of nitrogens with two attached hydrogens (primary N) is 1. The van der Waals surface area contributed by atoms with Crippen LogP contribution >= 0.6 is 21.6 Å². The smallest absolute Gasteiger partial charge is 0.311 e. The number of carbonyl (C=O) groups is 1. The maximum Gasteiger partial charge on any atom is 0.311 e. The lowest BCUT2D eigenvalue weighted by Crippen LogP contribution is -2.16. The molecule has 0 aromatic heterocycles. The van der Waals surface area contributed by atoms with Crippen molar-refractivity contribution >= 4 is 33.2 Å². The third-order valence-corrected chi connectivity index (χ3v) is 7.23. The van der Waals surface area contributed by atoms with Crippen LogP contribution in [0.2, 0.25) is 0 Å². The van der Waals surface area contributed by atoms with E-state index in [1.165, 1.54) is 18.6 Å². The molecular weight excluding hydrogens is 358 g/mol. The van der Waals surface area contributed by atoms with Crippen LogP contribution in [0.1, 0.15) is 51.9 Å². The zero-order chi connectivity index (χ0) is 17.6. The van der Waals surface area contributed by atoms with E-state index in [0.29, 0.717) is 29.4 Å². The number of ether oxygens (including phenoxy) is 3. The van der Waals surface area contributed by atoms with Crippen molar-refractivity contribution in [1.29, 1.82) is 0 Å². The fourth-order valence-corrected chi connectivity index (χ4v) is 5.90. The summed E-state index contributed by atoms with van der Waals surface area (Å²) >= 11 is 0. The number of esters is 1. The first-order valence-electron chi connectivity index (χ1n) is 8.91. The average molecular weight is 384 g/mol. The van der Waals surface area contributed by atoms with Gasteiger partial charge in [-0.25, -0.2) is 0 Å². The lowest BCUT2D eigenvalue weighted by atomic mass is 10.1. The van der Waals surface area contributed by atoms with E-state index < -0.39 is 0 Å². The van der Waals surface area contributed by atoms with Gasteiger partial charge in [0.25, 0.3) is 0 Å². The van der Waals surface area contributed by atoms with Gasteiger partial charge in [0.2, 0.25) is 6.29 Å². The summed E-state index contributed by atoms with van der Waals surface area (Å²) in [6.07, 6.45) is 6.28. The molecule has 0 saturated carbocycles. The average Bonchev–Trinajstić information content (AvgIpc) is 3.21. The molecule has 2 aliphatic rings. The van der Waals surface area contributed by atoms with Crippen molar-refractivity contribution < 1.29 is 19.0 Å². The fourth-order valence-electron chi connectivity index (χ4n) is 2.87. The van der Waals surface area contributed by atoms with Gasteiger partial charge < -0.3 is 19.9 Å². The van der Waals surface area contributed by atoms with Gasteiger partial charge in [0, 0.05) is 36.0 Å². The van der Waals surface area contributed by atoms with Crippen LogP contribution in [0, 0.1) is 0 Å². The third-order valence-electron chi connectivity index (χ3n) is 4.23. The number of hydrogen-bond donors (Lipinski definition) is 1. The minimum atomic E-state index is -0.281. The van der Waals surface area contributed by atoms with E-state index in [9.17, 15) is 4.79 Å². The van der Waals surface area contributed by atoms with Crippen LogP contribution in [0.15, 0.2) is 12.1 Å². The molecule has 1 aromatic rings.